The van der Waals surface area contributed by atoms with Gasteiger partial charge < -0.3 is 20.2 Å². The van der Waals surface area contributed by atoms with Gasteiger partial charge in [0.05, 0.1) is 17.2 Å². The number of aryl methyl sites for hydroxylation is 3. The van der Waals surface area contributed by atoms with Crippen molar-refractivity contribution in [3.8, 4) is 0 Å². The number of benzene rings is 1. The number of carbonyl (C=O) groups excluding carboxylic acids is 1. The molecule has 0 radical (unpaired) electrons. The van der Waals surface area contributed by atoms with Gasteiger partial charge in [0.1, 0.15) is 17.1 Å². The highest BCUT2D eigenvalue weighted by Gasteiger charge is 2.28. The number of rotatable bonds is 5. The lowest BCUT2D eigenvalue weighted by Gasteiger charge is -2.23. The number of nitro groups is 1. The highest BCUT2D eigenvalue weighted by atomic mass is 16.6. The van der Waals surface area contributed by atoms with Gasteiger partial charge in [0.2, 0.25) is 0 Å². The maximum Gasteiger partial charge on any atom is 0.319 e. The lowest BCUT2D eigenvalue weighted by molar-refractivity contribution is -0.384. The Bertz CT molecular complexity index is 811. The van der Waals surface area contributed by atoms with E-state index in [2.05, 4.69) is 10.6 Å². The Kier molecular flexibility index (Phi) is 5.13. The van der Waals surface area contributed by atoms with Crippen LogP contribution in [-0.4, -0.2) is 22.6 Å². The van der Waals surface area contributed by atoms with Crippen molar-refractivity contribution in [1.82, 2.24) is 5.32 Å². The Hall–Kier alpha value is -2.87. The van der Waals surface area contributed by atoms with Gasteiger partial charge in [-0.25, -0.2) is 4.79 Å². The van der Waals surface area contributed by atoms with Crippen LogP contribution in [0.25, 0.3) is 0 Å². The maximum absolute atomic E-state index is 12.1. The maximum atomic E-state index is 12.1. The van der Waals surface area contributed by atoms with Gasteiger partial charge in [0.25, 0.3) is 5.69 Å². The Morgan fingerprint density at radius 2 is 2.00 bits per heavy atom. The van der Waals surface area contributed by atoms with E-state index in [-0.39, 0.29) is 12.2 Å². The van der Waals surface area contributed by atoms with Crippen LogP contribution < -0.4 is 10.6 Å². The molecular formula is C17H21N3O5. The van der Waals surface area contributed by atoms with Crippen molar-refractivity contribution in [2.24, 2.45) is 0 Å². The number of aliphatic hydroxyl groups is 1. The van der Waals surface area contributed by atoms with Gasteiger partial charge in [-0.05, 0) is 39.3 Å². The molecule has 8 heteroatoms. The third kappa shape index (κ3) is 4.36. The summed E-state index contributed by atoms with van der Waals surface area (Å²) in [5, 5.41) is 26.5. The van der Waals surface area contributed by atoms with E-state index >= 15 is 0 Å². The van der Waals surface area contributed by atoms with E-state index in [1.807, 2.05) is 0 Å². The molecule has 0 bridgehead atoms. The molecule has 1 unspecified atom stereocenters. The molecule has 3 N–H and O–H groups in total. The van der Waals surface area contributed by atoms with Crippen LogP contribution in [0.2, 0.25) is 0 Å². The van der Waals surface area contributed by atoms with Crippen molar-refractivity contribution >= 4 is 17.4 Å². The molecule has 0 fully saturated rings. The highest BCUT2D eigenvalue weighted by Crippen LogP contribution is 2.26. The van der Waals surface area contributed by atoms with Crippen LogP contribution in [-0.2, 0) is 5.60 Å². The molecule has 1 aromatic carbocycles. The van der Waals surface area contributed by atoms with Crippen LogP contribution in [0.15, 0.2) is 28.7 Å². The average Bonchev–Trinajstić information content (AvgIpc) is 2.87. The first kappa shape index (κ1) is 18.5. The zero-order chi connectivity index (χ0) is 18.8. The molecule has 8 nitrogen and oxygen atoms in total. The third-order valence-corrected chi connectivity index (χ3v) is 3.89. The number of hydrogen-bond acceptors (Lipinski definition) is 5. The van der Waals surface area contributed by atoms with Gasteiger partial charge >= 0.3 is 6.03 Å². The minimum atomic E-state index is -1.31. The Balaban J connectivity index is 2.04. The minimum Gasteiger partial charge on any atom is -0.466 e. The second-order valence-electron chi connectivity index (χ2n) is 6.16. The molecule has 0 aliphatic rings. The van der Waals surface area contributed by atoms with Crippen LogP contribution in [0, 0.1) is 30.9 Å². The van der Waals surface area contributed by atoms with Crippen LogP contribution in [0.4, 0.5) is 16.2 Å². The van der Waals surface area contributed by atoms with Gasteiger partial charge in [-0.15, -0.1) is 0 Å². The van der Waals surface area contributed by atoms with Gasteiger partial charge in [-0.1, -0.05) is 6.07 Å². The zero-order valence-corrected chi connectivity index (χ0v) is 14.5. The van der Waals surface area contributed by atoms with Crippen molar-refractivity contribution in [2.45, 2.75) is 33.3 Å². The number of nitro benzene ring substituents is 1. The van der Waals surface area contributed by atoms with Crippen LogP contribution in [0.3, 0.4) is 0 Å². The predicted molar refractivity (Wildman–Crippen MR) is 92.6 cm³/mol. The Labute approximate surface area is 145 Å². The van der Waals surface area contributed by atoms with Crippen molar-refractivity contribution in [3.05, 3.63) is 57.0 Å². The molecule has 0 aliphatic carbocycles. The first-order chi connectivity index (χ1) is 11.6. The summed E-state index contributed by atoms with van der Waals surface area (Å²) in [6.45, 7) is 6.77. The third-order valence-electron chi connectivity index (χ3n) is 3.89. The largest absolute Gasteiger partial charge is 0.466 e. The second kappa shape index (κ2) is 6.94. The van der Waals surface area contributed by atoms with E-state index in [0.29, 0.717) is 28.3 Å². The summed E-state index contributed by atoms with van der Waals surface area (Å²) in [6.07, 6.45) is 0. The fourth-order valence-electron chi connectivity index (χ4n) is 2.54. The number of urea groups is 1. The lowest BCUT2D eigenvalue weighted by atomic mass is 9.96. The number of carbonyl (C=O) groups is 1. The normalized spacial score (nSPS) is 13.2. The molecule has 1 heterocycles. The number of nitrogens with zero attached hydrogens (tertiary/aromatic N) is 1. The predicted octanol–water partition coefficient (Wildman–Crippen LogP) is 3.14. The van der Waals surface area contributed by atoms with Crippen molar-refractivity contribution in [3.63, 3.8) is 0 Å². The summed E-state index contributed by atoms with van der Waals surface area (Å²) in [7, 11) is 0. The summed E-state index contributed by atoms with van der Waals surface area (Å²) >= 11 is 0. The second-order valence-corrected chi connectivity index (χ2v) is 6.16. The van der Waals surface area contributed by atoms with Gasteiger partial charge in [0, 0.05) is 17.7 Å². The highest BCUT2D eigenvalue weighted by molar-refractivity contribution is 5.90. The average molecular weight is 347 g/mol. The van der Waals surface area contributed by atoms with Gasteiger partial charge in [-0.2, -0.15) is 0 Å². The topological polar surface area (TPSA) is 118 Å². The number of anilines is 1. The molecule has 1 atom stereocenters. The number of nitrogens with one attached hydrogen (secondary N) is 2. The van der Waals surface area contributed by atoms with E-state index in [1.165, 1.54) is 12.1 Å². The first-order valence-corrected chi connectivity index (χ1v) is 7.70. The summed E-state index contributed by atoms with van der Waals surface area (Å²) in [5.41, 5.74) is 0.196. The van der Waals surface area contributed by atoms with E-state index in [0.717, 1.165) is 0 Å². The van der Waals surface area contributed by atoms with E-state index in [4.69, 9.17) is 4.42 Å². The van der Waals surface area contributed by atoms with Crippen molar-refractivity contribution in [1.29, 1.82) is 0 Å². The first-order valence-electron chi connectivity index (χ1n) is 7.70. The monoisotopic (exact) mass is 347 g/mol. The molecule has 2 aromatic rings. The summed E-state index contributed by atoms with van der Waals surface area (Å²) < 4.78 is 5.40. The smallest absolute Gasteiger partial charge is 0.319 e. The van der Waals surface area contributed by atoms with Crippen LogP contribution >= 0.6 is 0 Å². The standard InChI is InChI=1S/C17H21N3O5/c1-10-5-6-13(20(23)24)8-15(10)19-16(21)18-9-17(4,22)14-7-11(2)25-12(14)3/h5-8,22H,9H2,1-4H3,(H2,18,19,21). The molecule has 134 valence electrons. The molecule has 2 rings (SSSR count). The molecule has 0 aliphatic heterocycles. The Morgan fingerprint density at radius 3 is 2.56 bits per heavy atom. The van der Waals surface area contributed by atoms with Crippen molar-refractivity contribution < 1.29 is 19.2 Å². The molecule has 0 spiro atoms. The molecule has 2 amide bonds. The summed E-state index contributed by atoms with van der Waals surface area (Å²) in [5.74, 6) is 1.25. The Morgan fingerprint density at radius 1 is 1.32 bits per heavy atom. The molecular weight excluding hydrogens is 326 g/mol. The zero-order valence-electron chi connectivity index (χ0n) is 14.5. The lowest BCUT2D eigenvalue weighted by Crippen LogP contribution is -2.40. The number of furan rings is 1. The van der Waals surface area contributed by atoms with E-state index in [9.17, 15) is 20.0 Å². The minimum absolute atomic E-state index is 0.0490. The SMILES string of the molecule is Cc1cc(C(C)(O)CNC(=O)Nc2cc([N+](=O)[O-])ccc2C)c(C)o1. The van der Waals surface area contributed by atoms with Gasteiger partial charge in [0.15, 0.2) is 0 Å². The summed E-state index contributed by atoms with van der Waals surface area (Å²) in [4.78, 5) is 22.4. The van der Waals surface area contributed by atoms with E-state index in [1.54, 1.807) is 39.8 Å². The quantitative estimate of drug-likeness (QED) is 0.567. The fraction of sp³-hybridized carbons (Fsp3) is 0.353. The molecule has 1 aromatic heterocycles. The number of amides is 2. The number of non-ortho nitro benzene ring substituents is 1. The molecule has 0 saturated heterocycles. The molecule has 25 heavy (non-hydrogen) atoms. The van der Waals surface area contributed by atoms with Crippen LogP contribution in [0.5, 0.6) is 0 Å². The number of hydrogen-bond donors (Lipinski definition) is 3. The van der Waals surface area contributed by atoms with Crippen molar-refractivity contribution in [2.75, 3.05) is 11.9 Å². The molecule has 0 saturated carbocycles. The van der Waals surface area contributed by atoms with E-state index < -0.39 is 16.6 Å². The van der Waals surface area contributed by atoms with Crippen LogP contribution in [0.1, 0.15) is 29.6 Å². The fourth-order valence-corrected chi connectivity index (χ4v) is 2.54. The summed E-state index contributed by atoms with van der Waals surface area (Å²) in [6, 6.07) is 5.37. The van der Waals surface area contributed by atoms with Gasteiger partial charge in [-0.3, -0.25) is 10.1 Å².